The Bertz CT molecular complexity index is 68.0. The Kier molecular flexibility index (Phi) is 6.33. The molecule has 0 aromatic rings. The van der Waals surface area contributed by atoms with Gasteiger partial charge in [0.25, 0.3) is 0 Å². The minimum absolute atomic E-state index is 0. The van der Waals surface area contributed by atoms with Crippen molar-refractivity contribution in [1.82, 2.24) is 4.90 Å². The molecular formula is C5H10NOSW-. The van der Waals surface area contributed by atoms with Crippen molar-refractivity contribution in [2.75, 3.05) is 32.2 Å². The van der Waals surface area contributed by atoms with E-state index in [-0.39, 0.29) is 21.1 Å². The normalized spacial score (nSPS) is 21.0. The molecule has 0 bridgehead atoms. The maximum Gasteiger partial charge on any atom is 0.0593 e. The first-order chi connectivity index (χ1) is 3.93. The van der Waals surface area contributed by atoms with Gasteiger partial charge >= 0.3 is 0 Å². The van der Waals surface area contributed by atoms with Crippen molar-refractivity contribution in [3.63, 3.8) is 0 Å². The van der Waals surface area contributed by atoms with Gasteiger partial charge in [-0.2, -0.15) is 0 Å². The van der Waals surface area contributed by atoms with Crippen LogP contribution in [0.1, 0.15) is 0 Å². The molecule has 1 rings (SSSR count). The Balaban J connectivity index is 0.000000640. The Morgan fingerprint density at radius 1 is 1.33 bits per heavy atom. The predicted molar refractivity (Wildman–Crippen MR) is 34.6 cm³/mol. The molecule has 9 heavy (non-hydrogen) atoms. The molecule has 0 saturated carbocycles. The van der Waals surface area contributed by atoms with Crippen LogP contribution in [0.2, 0.25) is 0 Å². The molecule has 0 N–H and O–H groups in total. The van der Waals surface area contributed by atoms with Crippen LogP contribution in [0, 0.1) is 0 Å². The minimum Gasteiger partial charge on any atom is -0.777 e. The first-order valence-electron chi connectivity index (χ1n) is 2.81. The smallest absolute Gasteiger partial charge is 0.0593 e. The second-order valence-corrected chi connectivity index (χ2v) is 2.12. The van der Waals surface area contributed by atoms with Crippen LogP contribution in [0.3, 0.4) is 0 Å². The molecule has 4 heteroatoms. The van der Waals surface area contributed by atoms with Crippen molar-refractivity contribution >= 4 is 12.6 Å². The van der Waals surface area contributed by atoms with E-state index in [0.29, 0.717) is 0 Å². The summed E-state index contributed by atoms with van der Waals surface area (Å²) in [6.45, 7) is 3.75. The number of hydrogen-bond donors (Lipinski definition) is 0. The third kappa shape index (κ3) is 3.61. The molecule has 0 unspecified atom stereocenters. The van der Waals surface area contributed by atoms with Crippen molar-refractivity contribution in [2.45, 2.75) is 0 Å². The fraction of sp³-hybridized carbons (Fsp3) is 1.00. The van der Waals surface area contributed by atoms with Gasteiger partial charge < -0.3 is 22.3 Å². The zero-order chi connectivity index (χ0) is 5.82. The molecular weight excluding hydrogens is 306 g/mol. The Labute approximate surface area is 75.6 Å². The third-order valence-corrected chi connectivity index (χ3v) is 1.65. The fourth-order valence-electron chi connectivity index (χ4n) is 0.730. The molecule has 0 aromatic carbocycles. The van der Waals surface area contributed by atoms with Crippen LogP contribution >= 0.6 is 0 Å². The van der Waals surface area contributed by atoms with Gasteiger partial charge in [0.1, 0.15) is 0 Å². The van der Waals surface area contributed by atoms with E-state index >= 15 is 0 Å². The molecule has 1 aliphatic rings. The Hall–Kier alpha value is 0.958. The maximum atomic E-state index is 5.11. The summed E-state index contributed by atoms with van der Waals surface area (Å²) in [4.78, 5) is 2.21. The summed E-state index contributed by atoms with van der Waals surface area (Å²) in [6.07, 6.45) is 0. The molecule has 0 atom stereocenters. The number of morpholine rings is 1. The second kappa shape index (κ2) is 5.72. The van der Waals surface area contributed by atoms with Gasteiger partial charge in [-0.25, -0.2) is 0 Å². The van der Waals surface area contributed by atoms with Crippen LogP contribution in [0.5, 0.6) is 0 Å². The molecule has 1 aliphatic heterocycles. The van der Waals surface area contributed by atoms with E-state index in [4.69, 9.17) is 17.4 Å². The monoisotopic (exact) mass is 316 g/mol. The SMILES string of the molecule is [S-]CN1CCOCC1.[W]. The minimum atomic E-state index is 0. The van der Waals surface area contributed by atoms with Crippen LogP contribution in [0.15, 0.2) is 0 Å². The van der Waals surface area contributed by atoms with Gasteiger partial charge in [-0.05, 0) is 0 Å². The third-order valence-electron chi connectivity index (χ3n) is 1.29. The van der Waals surface area contributed by atoms with Crippen molar-refractivity contribution < 1.29 is 25.8 Å². The summed E-state index contributed by atoms with van der Waals surface area (Å²) in [6, 6.07) is 0. The van der Waals surface area contributed by atoms with E-state index in [1.807, 2.05) is 0 Å². The van der Waals surface area contributed by atoms with Crippen molar-refractivity contribution in [3.05, 3.63) is 0 Å². The molecule has 1 heterocycles. The standard InChI is InChI=1S/C5H11NOS.W/c8-5-6-1-3-7-4-2-6;/h8H,1-5H2;/p-1. The quantitative estimate of drug-likeness (QED) is 0.623. The topological polar surface area (TPSA) is 12.5 Å². The van der Waals surface area contributed by atoms with E-state index in [1.165, 1.54) is 0 Å². The number of hydrogen-bond acceptors (Lipinski definition) is 3. The fourth-order valence-corrected chi connectivity index (χ4v) is 0.988. The van der Waals surface area contributed by atoms with Crippen LogP contribution in [0.4, 0.5) is 0 Å². The average Bonchev–Trinajstić information content (AvgIpc) is 1.90. The van der Waals surface area contributed by atoms with Crippen molar-refractivity contribution in [3.8, 4) is 0 Å². The number of ether oxygens (including phenoxy) is 1. The zero-order valence-electron chi connectivity index (χ0n) is 5.21. The zero-order valence-corrected chi connectivity index (χ0v) is 8.96. The number of nitrogens with zero attached hydrogens (tertiary/aromatic N) is 1. The summed E-state index contributed by atoms with van der Waals surface area (Å²) in [5.41, 5.74) is 0. The predicted octanol–water partition coefficient (Wildman–Crippen LogP) is -0.179. The van der Waals surface area contributed by atoms with E-state index in [2.05, 4.69) is 4.90 Å². The van der Waals surface area contributed by atoms with Gasteiger partial charge in [0.2, 0.25) is 0 Å². The van der Waals surface area contributed by atoms with Gasteiger partial charge in [0, 0.05) is 34.2 Å². The molecule has 1 saturated heterocycles. The van der Waals surface area contributed by atoms with E-state index in [1.54, 1.807) is 0 Å². The Morgan fingerprint density at radius 3 is 2.22 bits per heavy atom. The maximum absolute atomic E-state index is 5.11. The number of rotatable bonds is 1. The Morgan fingerprint density at radius 2 is 1.89 bits per heavy atom. The van der Waals surface area contributed by atoms with Crippen LogP contribution < -0.4 is 0 Å². The second-order valence-electron chi connectivity index (χ2n) is 1.86. The molecule has 0 amide bonds. The van der Waals surface area contributed by atoms with E-state index < -0.39 is 0 Å². The van der Waals surface area contributed by atoms with Gasteiger partial charge in [0.05, 0.1) is 13.2 Å². The van der Waals surface area contributed by atoms with Crippen molar-refractivity contribution in [2.24, 2.45) is 0 Å². The molecule has 0 radical (unpaired) electrons. The van der Waals surface area contributed by atoms with Gasteiger partial charge in [0.15, 0.2) is 0 Å². The molecule has 54 valence electrons. The first-order valence-corrected chi connectivity index (χ1v) is 3.39. The van der Waals surface area contributed by atoms with E-state index in [0.717, 1.165) is 32.2 Å². The van der Waals surface area contributed by atoms with E-state index in [9.17, 15) is 0 Å². The van der Waals surface area contributed by atoms with Crippen LogP contribution in [0.25, 0.3) is 0 Å². The molecule has 0 aliphatic carbocycles. The first kappa shape index (κ1) is 9.96. The summed E-state index contributed by atoms with van der Waals surface area (Å²) in [5.74, 6) is 0.753. The average molecular weight is 316 g/mol. The summed E-state index contributed by atoms with van der Waals surface area (Å²) >= 11 is 4.84. The van der Waals surface area contributed by atoms with Gasteiger partial charge in [-0.15, -0.1) is 5.88 Å². The summed E-state index contributed by atoms with van der Waals surface area (Å²) in [7, 11) is 0. The molecule has 0 spiro atoms. The van der Waals surface area contributed by atoms with Crippen molar-refractivity contribution in [1.29, 1.82) is 0 Å². The van der Waals surface area contributed by atoms with Crippen LogP contribution in [-0.2, 0) is 38.4 Å². The molecule has 1 fully saturated rings. The molecule has 2 nitrogen and oxygen atoms in total. The summed E-state index contributed by atoms with van der Waals surface area (Å²) in [5, 5.41) is 0. The summed E-state index contributed by atoms with van der Waals surface area (Å²) < 4.78 is 5.11. The van der Waals surface area contributed by atoms with Gasteiger partial charge in [-0.1, -0.05) is 0 Å². The molecule has 0 aromatic heterocycles. The van der Waals surface area contributed by atoms with Crippen LogP contribution in [-0.4, -0.2) is 37.1 Å². The largest absolute Gasteiger partial charge is 0.777 e. The van der Waals surface area contributed by atoms with Gasteiger partial charge in [-0.3, -0.25) is 0 Å².